The summed E-state index contributed by atoms with van der Waals surface area (Å²) in [6, 6.07) is 0.477. The Labute approximate surface area is 131 Å². The lowest BCUT2D eigenvalue weighted by molar-refractivity contribution is -0.0318. The quantitative estimate of drug-likeness (QED) is 0.710. The fraction of sp³-hybridized carbons (Fsp3) is 1.00. The highest BCUT2D eigenvalue weighted by Gasteiger charge is 2.36. The molecule has 1 unspecified atom stereocenters. The third-order valence-corrected chi connectivity index (χ3v) is 4.91. The van der Waals surface area contributed by atoms with Crippen molar-refractivity contribution in [3.63, 3.8) is 0 Å². The van der Waals surface area contributed by atoms with Gasteiger partial charge in [-0.25, -0.2) is 0 Å². The van der Waals surface area contributed by atoms with Gasteiger partial charge in [-0.05, 0) is 53.5 Å². The van der Waals surface area contributed by atoms with E-state index in [1.165, 1.54) is 6.42 Å². The van der Waals surface area contributed by atoms with E-state index in [1.54, 1.807) is 0 Å². The summed E-state index contributed by atoms with van der Waals surface area (Å²) in [6.45, 7) is 16.2. The Morgan fingerprint density at radius 2 is 1.81 bits per heavy atom. The molecule has 0 aromatic rings. The first-order valence-corrected chi connectivity index (χ1v) is 8.45. The first-order valence-electron chi connectivity index (χ1n) is 8.45. The molecule has 4 heteroatoms. The molecule has 4 nitrogen and oxygen atoms in total. The van der Waals surface area contributed by atoms with Gasteiger partial charge in [-0.1, -0.05) is 6.92 Å². The number of nitrogens with zero attached hydrogens (tertiary/aromatic N) is 1. The van der Waals surface area contributed by atoms with Gasteiger partial charge in [-0.3, -0.25) is 4.90 Å². The molecular weight excluding hydrogens is 264 g/mol. The van der Waals surface area contributed by atoms with Crippen molar-refractivity contribution < 1.29 is 9.47 Å². The molecule has 21 heavy (non-hydrogen) atoms. The van der Waals surface area contributed by atoms with Crippen molar-refractivity contribution in [3.05, 3.63) is 0 Å². The number of hydrogen-bond acceptors (Lipinski definition) is 4. The van der Waals surface area contributed by atoms with Crippen molar-refractivity contribution in [3.8, 4) is 0 Å². The van der Waals surface area contributed by atoms with Gasteiger partial charge < -0.3 is 14.8 Å². The van der Waals surface area contributed by atoms with Crippen LogP contribution in [0.15, 0.2) is 0 Å². The van der Waals surface area contributed by atoms with E-state index in [4.69, 9.17) is 9.47 Å². The molecule has 1 heterocycles. The van der Waals surface area contributed by atoms with E-state index in [2.05, 4.69) is 44.8 Å². The summed E-state index contributed by atoms with van der Waals surface area (Å²) < 4.78 is 11.1. The molecule has 0 amide bonds. The second kappa shape index (κ2) is 8.47. The highest BCUT2D eigenvalue weighted by atomic mass is 16.5. The van der Waals surface area contributed by atoms with Crippen LogP contribution < -0.4 is 5.32 Å². The summed E-state index contributed by atoms with van der Waals surface area (Å²) in [6.07, 6.45) is 3.37. The summed E-state index contributed by atoms with van der Waals surface area (Å²) >= 11 is 0. The lowest BCUT2D eigenvalue weighted by Gasteiger charge is -2.46. The molecule has 0 bridgehead atoms. The van der Waals surface area contributed by atoms with Gasteiger partial charge in [0, 0.05) is 31.8 Å². The van der Waals surface area contributed by atoms with Crippen molar-refractivity contribution in [1.29, 1.82) is 0 Å². The molecule has 1 fully saturated rings. The number of morpholine rings is 1. The van der Waals surface area contributed by atoms with Gasteiger partial charge in [0.1, 0.15) is 0 Å². The summed E-state index contributed by atoms with van der Waals surface area (Å²) in [7, 11) is 1.81. The van der Waals surface area contributed by atoms with E-state index >= 15 is 0 Å². The first-order chi connectivity index (χ1) is 9.83. The topological polar surface area (TPSA) is 33.7 Å². The van der Waals surface area contributed by atoms with Gasteiger partial charge in [0.05, 0.1) is 18.8 Å². The monoisotopic (exact) mass is 300 g/mol. The SMILES string of the molecule is CCCNC(CCC(C)(C)OC)C(C)(C)N1CCOCC1. The number of hydrogen-bond donors (Lipinski definition) is 1. The lowest BCUT2D eigenvalue weighted by atomic mass is 9.85. The molecule has 126 valence electrons. The minimum atomic E-state index is -0.0484. The molecule has 0 aromatic heterocycles. The normalized spacial score (nSPS) is 19.7. The van der Waals surface area contributed by atoms with Gasteiger partial charge in [-0.15, -0.1) is 0 Å². The van der Waals surface area contributed by atoms with Crippen LogP contribution in [0.4, 0.5) is 0 Å². The zero-order valence-corrected chi connectivity index (χ0v) is 15.0. The van der Waals surface area contributed by atoms with Gasteiger partial charge >= 0.3 is 0 Å². The zero-order valence-electron chi connectivity index (χ0n) is 15.0. The highest BCUT2D eigenvalue weighted by Crippen LogP contribution is 2.26. The van der Waals surface area contributed by atoms with Gasteiger partial charge in [0.25, 0.3) is 0 Å². The standard InChI is InChI=1S/C17H36N2O2/c1-7-10-18-15(8-9-16(2,3)20-6)17(4,5)19-11-13-21-14-12-19/h15,18H,7-14H2,1-6H3. The third kappa shape index (κ3) is 5.85. The molecule has 1 aliphatic rings. The summed E-state index contributed by atoms with van der Waals surface area (Å²) in [5.74, 6) is 0. The molecule has 1 aliphatic heterocycles. The molecule has 1 atom stereocenters. The van der Waals surface area contributed by atoms with E-state index in [0.29, 0.717) is 6.04 Å². The maximum atomic E-state index is 5.59. The third-order valence-electron chi connectivity index (χ3n) is 4.91. The predicted octanol–water partition coefficient (Wildman–Crippen LogP) is 2.67. The van der Waals surface area contributed by atoms with Crippen LogP contribution in [0.1, 0.15) is 53.9 Å². The largest absolute Gasteiger partial charge is 0.379 e. The Kier molecular flexibility index (Phi) is 7.62. The fourth-order valence-electron chi connectivity index (χ4n) is 2.98. The molecule has 0 spiro atoms. The van der Waals surface area contributed by atoms with Crippen molar-refractivity contribution >= 4 is 0 Å². The van der Waals surface area contributed by atoms with Crippen molar-refractivity contribution in [1.82, 2.24) is 10.2 Å². The van der Waals surface area contributed by atoms with Gasteiger partial charge in [-0.2, -0.15) is 0 Å². The second-order valence-electron chi connectivity index (χ2n) is 7.26. The van der Waals surface area contributed by atoms with E-state index in [1.807, 2.05) is 7.11 Å². The minimum absolute atomic E-state index is 0.0484. The average Bonchev–Trinajstić information content (AvgIpc) is 2.48. The van der Waals surface area contributed by atoms with Crippen LogP contribution in [0.5, 0.6) is 0 Å². The lowest BCUT2D eigenvalue weighted by Crippen LogP contribution is -2.60. The molecule has 1 rings (SSSR count). The van der Waals surface area contributed by atoms with Crippen molar-refractivity contribution in [2.75, 3.05) is 40.0 Å². The summed E-state index contributed by atoms with van der Waals surface area (Å²) in [4.78, 5) is 2.57. The smallest absolute Gasteiger partial charge is 0.0623 e. The van der Waals surface area contributed by atoms with Gasteiger partial charge in [0.15, 0.2) is 0 Å². The average molecular weight is 300 g/mol. The molecule has 0 aromatic carbocycles. The number of nitrogens with one attached hydrogen (secondary N) is 1. The number of rotatable bonds is 9. The molecule has 1 saturated heterocycles. The Morgan fingerprint density at radius 3 is 2.33 bits per heavy atom. The Bertz CT molecular complexity index is 287. The van der Waals surface area contributed by atoms with Crippen LogP contribution >= 0.6 is 0 Å². The molecular formula is C17H36N2O2. The predicted molar refractivity (Wildman–Crippen MR) is 88.9 cm³/mol. The molecule has 0 radical (unpaired) electrons. The maximum absolute atomic E-state index is 5.59. The van der Waals surface area contributed by atoms with Crippen LogP contribution in [0.3, 0.4) is 0 Å². The number of methoxy groups -OCH3 is 1. The summed E-state index contributed by atoms with van der Waals surface area (Å²) in [5, 5.41) is 3.77. The van der Waals surface area contributed by atoms with Crippen molar-refractivity contribution in [2.45, 2.75) is 71.1 Å². The molecule has 0 saturated carbocycles. The zero-order chi connectivity index (χ0) is 15.9. The number of ether oxygens (including phenoxy) is 2. The minimum Gasteiger partial charge on any atom is -0.379 e. The van der Waals surface area contributed by atoms with Crippen LogP contribution in [0, 0.1) is 0 Å². The molecule has 1 N–H and O–H groups in total. The van der Waals surface area contributed by atoms with Crippen LogP contribution in [0.2, 0.25) is 0 Å². The van der Waals surface area contributed by atoms with E-state index < -0.39 is 0 Å². The van der Waals surface area contributed by atoms with E-state index in [-0.39, 0.29) is 11.1 Å². The molecule has 0 aliphatic carbocycles. The highest BCUT2D eigenvalue weighted by molar-refractivity contribution is 4.95. The second-order valence-corrected chi connectivity index (χ2v) is 7.26. The Balaban J connectivity index is 2.69. The Morgan fingerprint density at radius 1 is 1.19 bits per heavy atom. The maximum Gasteiger partial charge on any atom is 0.0623 e. The van der Waals surface area contributed by atoms with E-state index in [9.17, 15) is 0 Å². The Hall–Kier alpha value is -0.160. The van der Waals surface area contributed by atoms with Crippen LogP contribution in [-0.4, -0.2) is 62.0 Å². The van der Waals surface area contributed by atoms with Crippen LogP contribution in [-0.2, 0) is 9.47 Å². The fourth-order valence-corrected chi connectivity index (χ4v) is 2.98. The van der Waals surface area contributed by atoms with Crippen molar-refractivity contribution in [2.24, 2.45) is 0 Å². The van der Waals surface area contributed by atoms with Crippen LogP contribution in [0.25, 0.3) is 0 Å². The van der Waals surface area contributed by atoms with E-state index in [0.717, 1.165) is 45.7 Å². The summed E-state index contributed by atoms with van der Waals surface area (Å²) in [5.41, 5.74) is 0.0933. The van der Waals surface area contributed by atoms with Gasteiger partial charge in [0.2, 0.25) is 0 Å². The first kappa shape index (κ1) is 18.9.